The summed E-state index contributed by atoms with van der Waals surface area (Å²) in [5, 5.41) is 4.63. The summed E-state index contributed by atoms with van der Waals surface area (Å²) in [6.45, 7) is 9.15. The first-order valence-electron chi connectivity index (χ1n) is 9.83. The number of rotatable bonds is 5. The number of aliphatic imine (C=N–C) groups is 1. The van der Waals surface area contributed by atoms with E-state index in [1.54, 1.807) is 30.1 Å². The van der Waals surface area contributed by atoms with Gasteiger partial charge in [0.05, 0.1) is 11.4 Å². The number of hydrogen-bond donors (Lipinski definition) is 1. The summed E-state index contributed by atoms with van der Waals surface area (Å²) in [7, 11) is 1.71. The van der Waals surface area contributed by atoms with Crippen LogP contribution in [0.2, 0.25) is 10.0 Å². The number of amides is 1. The largest absolute Gasteiger partial charge is 0.346 e. The minimum absolute atomic E-state index is 0.237. The Labute approximate surface area is 198 Å². The fourth-order valence-corrected chi connectivity index (χ4v) is 4.07. The van der Waals surface area contributed by atoms with Gasteiger partial charge in [-0.2, -0.15) is 0 Å². The molecule has 0 aliphatic carbocycles. The summed E-state index contributed by atoms with van der Waals surface area (Å²) < 4.78 is 0. The monoisotopic (exact) mass is 474 g/mol. The van der Waals surface area contributed by atoms with Gasteiger partial charge in [0.15, 0.2) is 5.11 Å². The average molecular weight is 475 g/mol. The predicted octanol–water partition coefficient (Wildman–Crippen LogP) is 4.91. The molecular formula is C23H24Cl2N4OS. The first-order valence-corrected chi connectivity index (χ1v) is 11.0. The van der Waals surface area contributed by atoms with Crippen LogP contribution in [-0.2, 0) is 4.79 Å². The third-order valence-corrected chi connectivity index (χ3v) is 5.86. The molecule has 31 heavy (non-hydrogen) atoms. The van der Waals surface area contributed by atoms with Crippen molar-refractivity contribution in [1.82, 2.24) is 10.2 Å². The van der Waals surface area contributed by atoms with E-state index in [4.69, 9.17) is 40.4 Å². The Hall–Kier alpha value is -2.41. The van der Waals surface area contributed by atoms with Gasteiger partial charge in [0.25, 0.3) is 5.91 Å². The van der Waals surface area contributed by atoms with E-state index in [0.717, 1.165) is 11.1 Å². The number of hydrogen-bond acceptors (Lipinski definition) is 3. The molecule has 1 atom stereocenters. The second-order valence-corrected chi connectivity index (χ2v) is 8.57. The van der Waals surface area contributed by atoms with E-state index >= 15 is 0 Å². The minimum Gasteiger partial charge on any atom is -0.346 e. The summed E-state index contributed by atoms with van der Waals surface area (Å²) >= 11 is 18.4. The summed E-state index contributed by atoms with van der Waals surface area (Å²) in [6.07, 6.45) is -0.922. The molecule has 2 aromatic rings. The predicted molar refractivity (Wildman–Crippen MR) is 134 cm³/mol. The quantitative estimate of drug-likeness (QED) is 0.494. The minimum atomic E-state index is -0.922. The molecule has 0 fully saturated rings. The number of nitrogens with one attached hydrogen (secondary N) is 1. The van der Waals surface area contributed by atoms with Crippen LogP contribution < -0.4 is 10.2 Å². The zero-order valence-corrected chi connectivity index (χ0v) is 20.0. The number of thiocarbonyl (C=S) groups is 1. The number of fused-ring (bicyclic) bond motifs is 1. The molecule has 0 aromatic heterocycles. The first kappa shape index (κ1) is 23.3. The summed E-state index contributed by atoms with van der Waals surface area (Å²) in [5.41, 5.74) is 3.67. The van der Waals surface area contributed by atoms with Gasteiger partial charge in [-0.25, -0.2) is 4.99 Å². The molecule has 2 aromatic carbocycles. The van der Waals surface area contributed by atoms with Crippen molar-refractivity contribution in [3.05, 3.63) is 75.8 Å². The number of halogens is 2. The molecule has 162 valence electrons. The van der Waals surface area contributed by atoms with Crippen LogP contribution >= 0.6 is 35.4 Å². The lowest BCUT2D eigenvalue weighted by atomic mass is 10.00. The summed E-state index contributed by atoms with van der Waals surface area (Å²) in [4.78, 5) is 21.6. The van der Waals surface area contributed by atoms with Crippen LogP contribution in [0.25, 0.3) is 0 Å². The first-order chi connectivity index (χ1) is 14.7. The number of benzene rings is 2. The molecule has 3 rings (SSSR count). The van der Waals surface area contributed by atoms with Crippen molar-refractivity contribution in [3.63, 3.8) is 0 Å². The molecule has 0 saturated heterocycles. The highest BCUT2D eigenvalue weighted by Crippen LogP contribution is 2.31. The maximum Gasteiger partial charge on any atom is 0.272 e. The van der Waals surface area contributed by atoms with Gasteiger partial charge in [-0.1, -0.05) is 53.6 Å². The van der Waals surface area contributed by atoms with Crippen molar-refractivity contribution in [2.24, 2.45) is 4.99 Å². The molecule has 1 unspecified atom stereocenters. The molecule has 8 heteroatoms. The lowest BCUT2D eigenvalue weighted by molar-refractivity contribution is -0.119. The zero-order valence-electron chi connectivity index (χ0n) is 17.7. The molecule has 1 heterocycles. The second-order valence-electron chi connectivity index (χ2n) is 7.34. The highest BCUT2D eigenvalue weighted by atomic mass is 35.5. The molecule has 0 bridgehead atoms. The normalized spacial score (nSPS) is 15.6. The van der Waals surface area contributed by atoms with Crippen molar-refractivity contribution in [2.45, 2.75) is 20.0 Å². The molecular weight excluding hydrogens is 451 g/mol. The van der Waals surface area contributed by atoms with Crippen molar-refractivity contribution in [1.29, 1.82) is 0 Å². The fraction of sp³-hybridized carbons (Fsp3) is 0.261. The number of likely N-dealkylation sites (N-methyl/N-ethyl adjacent to an activating group) is 2. The van der Waals surface area contributed by atoms with Crippen LogP contribution in [0.5, 0.6) is 0 Å². The van der Waals surface area contributed by atoms with E-state index in [0.29, 0.717) is 45.2 Å². The van der Waals surface area contributed by atoms with Gasteiger partial charge in [-0.15, -0.1) is 0 Å². The number of anilines is 1. The van der Waals surface area contributed by atoms with Crippen LogP contribution in [0.15, 0.2) is 59.6 Å². The zero-order chi connectivity index (χ0) is 22.7. The Bertz CT molecular complexity index is 1070. The Kier molecular flexibility index (Phi) is 7.36. The van der Waals surface area contributed by atoms with Crippen LogP contribution in [0, 0.1) is 0 Å². The average Bonchev–Trinajstić information content (AvgIpc) is 2.82. The van der Waals surface area contributed by atoms with E-state index in [9.17, 15) is 4.79 Å². The van der Waals surface area contributed by atoms with Crippen molar-refractivity contribution in [3.8, 4) is 0 Å². The van der Waals surface area contributed by atoms with E-state index in [1.165, 1.54) is 0 Å². The van der Waals surface area contributed by atoms with Crippen LogP contribution in [0.4, 0.5) is 5.69 Å². The Morgan fingerprint density at radius 2 is 1.97 bits per heavy atom. The van der Waals surface area contributed by atoms with Crippen molar-refractivity contribution >= 4 is 57.8 Å². The van der Waals surface area contributed by atoms with Crippen molar-refractivity contribution in [2.75, 3.05) is 25.0 Å². The van der Waals surface area contributed by atoms with Gasteiger partial charge < -0.3 is 15.1 Å². The van der Waals surface area contributed by atoms with Crippen LogP contribution in [0.3, 0.4) is 0 Å². The van der Waals surface area contributed by atoms with E-state index < -0.39 is 6.17 Å². The molecule has 1 aliphatic rings. The topological polar surface area (TPSA) is 47.9 Å². The lowest BCUT2D eigenvalue weighted by Gasteiger charge is -2.27. The van der Waals surface area contributed by atoms with Gasteiger partial charge >= 0.3 is 0 Å². The van der Waals surface area contributed by atoms with E-state index in [1.807, 2.05) is 43.0 Å². The Morgan fingerprint density at radius 3 is 2.61 bits per heavy atom. The van der Waals surface area contributed by atoms with Gasteiger partial charge in [0, 0.05) is 41.3 Å². The Morgan fingerprint density at radius 1 is 1.26 bits per heavy atom. The number of nitrogens with zero attached hydrogens (tertiary/aromatic N) is 3. The summed E-state index contributed by atoms with van der Waals surface area (Å²) in [5.74, 6) is -0.237. The van der Waals surface area contributed by atoms with Gasteiger partial charge in [0.1, 0.15) is 0 Å². The highest BCUT2D eigenvalue weighted by Gasteiger charge is 2.31. The smallest absolute Gasteiger partial charge is 0.272 e. The molecule has 1 amide bonds. The molecule has 5 nitrogen and oxygen atoms in total. The number of carbonyl (C=O) groups excluding carboxylic acids is 1. The molecule has 0 saturated carbocycles. The molecule has 0 spiro atoms. The maximum atomic E-state index is 13.3. The number of benzodiazepines with no additional fused rings is 1. The third-order valence-electron chi connectivity index (χ3n) is 4.92. The lowest BCUT2D eigenvalue weighted by Crippen LogP contribution is -2.50. The Balaban J connectivity index is 2.11. The fourth-order valence-electron chi connectivity index (χ4n) is 3.37. The highest BCUT2D eigenvalue weighted by molar-refractivity contribution is 7.80. The van der Waals surface area contributed by atoms with Gasteiger partial charge in [-0.05, 0) is 50.3 Å². The second kappa shape index (κ2) is 9.81. The van der Waals surface area contributed by atoms with Gasteiger partial charge in [-0.3, -0.25) is 4.79 Å². The SMILES string of the molecule is C=C(C)CN(CC)C(=S)NC1N=C(c2ccccc2Cl)c2cc(Cl)ccc2N(C)C1=O. The van der Waals surface area contributed by atoms with Crippen molar-refractivity contribution < 1.29 is 4.79 Å². The summed E-state index contributed by atoms with van der Waals surface area (Å²) in [6, 6.07) is 12.7. The third kappa shape index (κ3) is 5.09. The standard InChI is InChI=1S/C23H24Cl2N4OS/c1-5-29(13-14(2)3)23(31)27-21-22(30)28(4)19-11-10-15(24)12-17(19)20(26-21)16-8-6-7-9-18(16)25/h6-12,21H,2,5,13H2,1,3-4H3,(H,27,31). The maximum absolute atomic E-state index is 13.3. The molecule has 1 aliphatic heterocycles. The van der Waals surface area contributed by atoms with E-state index in [2.05, 4.69) is 11.9 Å². The van der Waals surface area contributed by atoms with Gasteiger partial charge in [0.2, 0.25) is 6.17 Å². The van der Waals surface area contributed by atoms with Crippen LogP contribution in [-0.4, -0.2) is 47.9 Å². The molecule has 1 N–H and O–H groups in total. The number of carbonyl (C=O) groups is 1. The van der Waals surface area contributed by atoms with Crippen LogP contribution in [0.1, 0.15) is 25.0 Å². The molecule has 0 radical (unpaired) electrons. The van der Waals surface area contributed by atoms with E-state index in [-0.39, 0.29) is 5.91 Å².